The zero-order valence-corrected chi connectivity index (χ0v) is 14.6. The Balaban J connectivity index is 1.32. The third-order valence-corrected chi connectivity index (χ3v) is 4.94. The van der Waals surface area contributed by atoms with Gasteiger partial charge in [0.2, 0.25) is 5.88 Å². The van der Waals surface area contributed by atoms with Crippen molar-refractivity contribution in [2.75, 3.05) is 26.8 Å². The Morgan fingerprint density at radius 2 is 2.16 bits per heavy atom. The van der Waals surface area contributed by atoms with Crippen LogP contribution in [0.1, 0.15) is 18.4 Å². The van der Waals surface area contributed by atoms with E-state index in [1.165, 1.54) is 5.56 Å². The van der Waals surface area contributed by atoms with Crippen molar-refractivity contribution in [1.29, 1.82) is 0 Å². The predicted molar refractivity (Wildman–Crippen MR) is 94.8 cm³/mol. The summed E-state index contributed by atoms with van der Waals surface area (Å²) >= 11 is 0. The number of hydrogen-bond acceptors (Lipinski definition) is 5. The Morgan fingerprint density at radius 3 is 2.96 bits per heavy atom. The van der Waals surface area contributed by atoms with Gasteiger partial charge in [-0.25, -0.2) is 4.98 Å². The minimum Gasteiger partial charge on any atom is -0.497 e. The van der Waals surface area contributed by atoms with Gasteiger partial charge in [0.05, 0.1) is 19.3 Å². The predicted octanol–water partition coefficient (Wildman–Crippen LogP) is 2.90. The summed E-state index contributed by atoms with van der Waals surface area (Å²) in [4.78, 5) is 6.68. The number of hydrogen-bond donors (Lipinski definition) is 0. The summed E-state index contributed by atoms with van der Waals surface area (Å²) in [7, 11) is 1.70. The third kappa shape index (κ3) is 3.78. The van der Waals surface area contributed by atoms with E-state index >= 15 is 0 Å². The van der Waals surface area contributed by atoms with Crippen molar-refractivity contribution in [2.45, 2.75) is 31.1 Å². The molecule has 4 rings (SSSR count). The van der Waals surface area contributed by atoms with E-state index < -0.39 is 0 Å². The zero-order chi connectivity index (χ0) is 17.1. The first-order valence-corrected chi connectivity index (χ1v) is 8.82. The number of methoxy groups -OCH3 is 1. The molecule has 0 saturated carbocycles. The molecule has 2 saturated heterocycles. The van der Waals surface area contributed by atoms with Gasteiger partial charge in [-0.1, -0.05) is 18.2 Å². The monoisotopic (exact) mass is 340 g/mol. The molecule has 0 bridgehead atoms. The van der Waals surface area contributed by atoms with E-state index in [1.54, 1.807) is 13.3 Å². The van der Waals surface area contributed by atoms with Crippen molar-refractivity contribution in [3.63, 3.8) is 0 Å². The van der Waals surface area contributed by atoms with Gasteiger partial charge in [0.15, 0.2) is 0 Å². The average molecular weight is 340 g/mol. The molecular weight excluding hydrogens is 316 g/mol. The molecule has 0 aliphatic carbocycles. The van der Waals surface area contributed by atoms with Gasteiger partial charge >= 0.3 is 0 Å². The zero-order valence-electron chi connectivity index (χ0n) is 14.6. The molecular formula is C20H24N2O3. The van der Waals surface area contributed by atoms with Crippen LogP contribution in [-0.2, 0) is 11.3 Å². The maximum absolute atomic E-state index is 6.12. The molecule has 5 nitrogen and oxygen atoms in total. The molecule has 132 valence electrons. The van der Waals surface area contributed by atoms with Crippen LogP contribution in [-0.4, -0.2) is 48.4 Å². The molecule has 1 aromatic carbocycles. The molecule has 0 radical (unpaired) electrons. The largest absolute Gasteiger partial charge is 0.497 e. The number of benzene rings is 1. The molecule has 3 heterocycles. The van der Waals surface area contributed by atoms with Gasteiger partial charge < -0.3 is 14.2 Å². The summed E-state index contributed by atoms with van der Waals surface area (Å²) in [5.41, 5.74) is 1.21. The molecule has 1 unspecified atom stereocenters. The minimum atomic E-state index is -0.0590. The molecule has 2 aliphatic rings. The van der Waals surface area contributed by atoms with Gasteiger partial charge in [-0.05, 0) is 23.8 Å². The van der Waals surface area contributed by atoms with Crippen LogP contribution >= 0.6 is 0 Å². The van der Waals surface area contributed by atoms with E-state index in [4.69, 9.17) is 14.2 Å². The second-order valence-electron chi connectivity index (χ2n) is 6.93. The van der Waals surface area contributed by atoms with E-state index in [0.717, 1.165) is 44.8 Å². The van der Waals surface area contributed by atoms with Crippen molar-refractivity contribution in [3.8, 4) is 11.6 Å². The number of pyridine rings is 1. The second-order valence-corrected chi connectivity index (χ2v) is 6.93. The number of ether oxygens (including phenoxy) is 3. The first kappa shape index (κ1) is 16.4. The molecule has 1 atom stereocenters. The highest BCUT2D eigenvalue weighted by atomic mass is 16.5. The van der Waals surface area contributed by atoms with Crippen molar-refractivity contribution >= 4 is 0 Å². The first-order valence-electron chi connectivity index (χ1n) is 8.82. The lowest BCUT2D eigenvalue weighted by Crippen LogP contribution is -2.65. The van der Waals surface area contributed by atoms with Crippen molar-refractivity contribution in [1.82, 2.24) is 9.88 Å². The molecule has 2 aliphatic heterocycles. The SMILES string of the molecule is COc1cccc(CN2CC3(CC(Oc4ccccn4)CCO3)C2)c1. The van der Waals surface area contributed by atoms with E-state index in [0.29, 0.717) is 5.88 Å². The average Bonchev–Trinajstić information content (AvgIpc) is 2.62. The normalized spacial score (nSPS) is 22.4. The van der Waals surface area contributed by atoms with Crippen molar-refractivity contribution in [3.05, 3.63) is 54.2 Å². The Morgan fingerprint density at radius 1 is 1.24 bits per heavy atom. The smallest absolute Gasteiger partial charge is 0.213 e. The highest BCUT2D eigenvalue weighted by Crippen LogP contribution is 2.36. The van der Waals surface area contributed by atoms with E-state index in [9.17, 15) is 0 Å². The van der Waals surface area contributed by atoms with Crippen LogP contribution in [0.15, 0.2) is 48.7 Å². The van der Waals surface area contributed by atoms with Crippen LogP contribution in [0.2, 0.25) is 0 Å². The summed E-state index contributed by atoms with van der Waals surface area (Å²) in [6, 6.07) is 14.0. The number of nitrogens with zero attached hydrogens (tertiary/aromatic N) is 2. The summed E-state index contributed by atoms with van der Waals surface area (Å²) in [5.74, 6) is 1.61. The Kier molecular flexibility index (Phi) is 4.59. The third-order valence-electron chi connectivity index (χ3n) is 4.94. The fourth-order valence-corrected chi connectivity index (χ4v) is 3.80. The highest BCUT2D eigenvalue weighted by Gasteiger charge is 2.48. The second kappa shape index (κ2) is 7.02. The Labute approximate surface area is 148 Å². The van der Waals surface area contributed by atoms with Crippen molar-refractivity contribution in [2.24, 2.45) is 0 Å². The van der Waals surface area contributed by atoms with E-state index in [2.05, 4.69) is 22.0 Å². The Bertz CT molecular complexity index is 701. The van der Waals surface area contributed by atoms with E-state index in [-0.39, 0.29) is 11.7 Å². The molecule has 0 amide bonds. The van der Waals surface area contributed by atoms with Crippen molar-refractivity contribution < 1.29 is 14.2 Å². The van der Waals surface area contributed by atoms with Crippen LogP contribution in [0.3, 0.4) is 0 Å². The standard InChI is InChI=1S/C20H24N2O3/c1-23-17-6-4-5-16(11-17)13-22-14-20(15-22)12-18(8-10-24-20)25-19-7-2-3-9-21-19/h2-7,9,11,18H,8,10,12-15H2,1H3. The highest BCUT2D eigenvalue weighted by molar-refractivity contribution is 5.28. The summed E-state index contributed by atoms with van der Waals surface area (Å²) in [5, 5.41) is 0. The lowest BCUT2D eigenvalue weighted by molar-refractivity contribution is -0.188. The van der Waals surface area contributed by atoms with Gasteiger partial charge in [0, 0.05) is 44.7 Å². The lowest BCUT2D eigenvalue weighted by atomic mass is 9.84. The molecule has 0 N–H and O–H groups in total. The van der Waals surface area contributed by atoms with Gasteiger partial charge in [0.25, 0.3) is 0 Å². The number of aromatic nitrogens is 1. The van der Waals surface area contributed by atoms with Crippen LogP contribution in [0.4, 0.5) is 0 Å². The summed E-state index contributed by atoms with van der Waals surface area (Å²) < 4.78 is 17.5. The van der Waals surface area contributed by atoms with Gasteiger partial charge in [-0.15, -0.1) is 0 Å². The number of rotatable bonds is 5. The molecule has 1 aromatic heterocycles. The van der Waals surface area contributed by atoms with Crippen LogP contribution in [0, 0.1) is 0 Å². The topological polar surface area (TPSA) is 43.8 Å². The lowest BCUT2D eigenvalue weighted by Gasteiger charge is -2.53. The summed E-state index contributed by atoms with van der Waals surface area (Å²) in [6.45, 7) is 3.58. The molecule has 5 heteroatoms. The molecule has 1 spiro atoms. The maximum atomic E-state index is 6.12. The quantitative estimate of drug-likeness (QED) is 0.837. The molecule has 2 aromatic rings. The number of likely N-dealkylation sites (tertiary alicyclic amines) is 1. The van der Waals surface area contributed by atoms with Crippen LogP contribution in [0.25, 0.3) is 0 Å². The minimum absolute atomic E-state index is 0.0590. The fraction of sp³-hybridized carbons (Fsp3) is 0.450. The van der Waals surface area contributed by atoms with Crippen LogP contribution in [0.5, 0.6) is 11.6 Å². The van der Waals surface area contributed by atoms with E-state index in [1.807, 2.05) is 30.3 Å². The molecule has 2 fully saturated rings. The Hall–Kier alpha value is -2.11. The fourth-order valence-electron chi connectivity index (χ4n) is 3.80. The van der Waals surface area contributed by atoms with Gasteiger partial charge in [-0.2, -0.15) is 0 Å². The first-order chi connectivity index (χ1) is 12.2. The van der Waals surface area contributed by atoms with Gasteiger partial charge in [-0.3, -0.25) is 4.90 Å². The van der Waals surface area contributed by atoms with Crippen LogP contribution < -0.4 is 9.47 Å². The van der Waals surface area contributed by atoms with Gasteiger partial charge in [0.1, 0.15) is 11.9 Å². The molecule has 25 heavy (non-hydrogen) atoms. The summed E-state index contributed by atoms with van der Waals surface area (Å²) in [6.07, 6.45) is 3.80. The maximum Gasteiger partial charge on any atom is 0.213 e.